The quantitative estimate of drug-likeness (QED) is 0.702. The van der Waals surface area contributed by atoms with Crippen molar-refractivity contribution in [1.29, 1.82) is 0 Å². The molecular formula is C19H18O2. The molecule has 0 aliphatic carbocycles. The van der Waals surface area contributed by atoms with Gasteiger partial charge in [0.15, 0.2) is 11.5 Å². The average Bonchev–Trinajstić information content (AvgIpc) is 2.54. The van der Waals surface area contributed by atoms with Crippen LogP contribution in [-0.4, -0.2) is 14.2 Å². The first-order valence-electron chi connectivity index (χ1n) is 6.99. The summed E-state index contributed by atoms with van der Waals surface area (Å²) in [5.41, 5.74) is 2.50. The van der Waals surface area contributed by atoms with E-state index in [4.69, 9.17) is 9.47 Å². The molecule has 0 saturated carbocycles. The minimum Gasteiger partial charge on any atom is -0.493 e. The van der Waals surface area contributed by atoms with Gasteiger partial charge in [-0.1, -0.05) is 48.5 Å². The number of fused-ring (bicyclic) bond motifs is 1. The third-order valence-electron chi connectivity index (χ3n) is 3.67. The summed E-state index contributed by atoms with van der Waals surface area (Å²) >= 11 is 0. The van der Waals surface area contributed by atoms with E-state index < -0.39 is 0 Å². The lowest BCUT2D eigenvalue weighted by Crippen LogP contribution is -1.94. The van der Waals surface area contributed by atoms with Crippen LogP contribution in [0.1, 0.15) is 11.1 Å². The van der Waals surface area contributed by atoms with Gasteiger partial charge in [-0.3, -0.25) is 0 Å². The van der Waals surface area contributed by atoms with E-state index >= 15 is 0 Å². The maximum absolute atomic E-state index is 5.36. The molecule has 0 heterocycles. The number of hydrogen-bond acceptors (Lipinski definition) is 2. The topological polar surface area (TPSA) is 18.5 Å². The van der Waals surface area contributed by atoms with E-state index in [1.807, 2.05) is 12.1 Å². The van der Waals surface area contributed by atoms with Crippen LogP contribution < -0.4 is 9.47 Å². The first-order valence-corrected chi connectivity index (χ1v) is 6.99. The Morgan fingerprint density at radius 2 is 1.33 bits per heavy atom. The summed E-state index contributed by atoms with van der Waals surface area (Å²) in [6.45, 7) is 0. The molecule has 0 amide bonds. The predicted octanol–water partition coefficient (Wildman–Crippen LogP) is 4.45. The monoisotopic (exact) mass is 278 g/mol. The van der Waals surface area contributed by atoms with Gasteiger partial charge >= 0.3 is 0 Å². The van der Waals surface area contributed by atoms with Crippen LogP contribution in [0.5, 0.6) is 11.5 Å². The Morgan fingerprint density at radius 1 is 0.667 bits per heavy atom. The third-order valence-corrected chi connectivity index (χ3v) is 3.67. The van der Waals surface area contributed by atoms with Crippen molar-refractivity contribution in [3.8, 4) is 11.5 Å². The van der Waals surface area contributed by atoms with Gasteiger partial charge in [0.05, 0.1) is 14.2 Å². The molecule has 3 rings (SSSR count). The van der Waals surface area contributed by atoms with Gasteiger partial charge in [-0.25, -0.2) is 0 Å². The van der Waals surface area contributed by atoms with Crippen LogP contribution in [0.3, 0.4) is 0 Å². The third kappa shape index (κ3) is 2.84. The minimum absolute atomic E-state index is 0.764. The number of ether oxygens (including phenoxy) is 2. The summed E-state index contributed by atoms with van der Waals surface area (Å²) in [7, 11) is 3.32. The highest BCUT2D eigenvalue weighted by Gasteiger charge is 2.05. The van der Waals surface area contributed by atoms with E-state index in [0.717, 1.165) is 17.9 Å². The van der Waals surface area contributed by atoms with Gasteiger partial charge in [-0.05, 0) is 40.5 Å². The molecule has 2 heteroatoms. The molecule has 0 aliphatic heterocycles. The van der Waals surface area contributed by atoms with E-state index in [2.05, 4.69) is 48.5 Å². The fourth-order valence-electron chi connectivity index (χ4n) is 2.58. The molecule has 2 nitrogen and oxygen atoms in total. The van der Waals surface area contributed by atoms with Crippen molar-refractivity contribution >= 4 is 10.8 Å². The van der Waals surface area contributed by atoms with Crippen molar-refractivity contribution in [2.75, 3.05) is 14.2 Å². The van der Waals surface area contributed by atoms with E-state index in [-0.39, 0.29) is 0 Å². The second-order valence-electron chi connectivity index (χ2n) is 5.05. The zero-order chi connectivity index (χ0) is 14.7. The highest BCUT2D eigenvalue weighted by molar-refractivity contribution is 5.83. The van der Waals surface area contributed by atoms with Crippen molar-refractivity contribution in [3.63, 3.8) is 0 Å². The van der Waals surface area contributed by atoms with Gasteiger partial charge in [0.25, 0.3) is 0 Å². The summed E-state index contributed by atoms with van der Waals surface area (Å²) < 4.78 is 10.6. The van der Waals surface area contributed by atoms with Crippen LogP contribution in [-0.2, 0) is 6.42 Å². The molecule has 0 unspecified atom stereocenters. The van der Waals surface area contributed by atoms with E-state index in [1.165, 1.54) is 21.9 Å². The summed E-state index contributed by atoms with van der Waals surface area (Å²) in [5.74, 6) is 1.54. The van der Waals surface area contributed by atoms with Gasteiger partial charge in [0.1, 0.15) is 0 Å². The van der Waals surface area contributed by atoms with Crippen molar-refractivity contribution in [2.45, 2.75) is 6.42 Å². The SMILES string of the molecule is COc1ccc(Cc2ccc3ccccc3c2)cc1OC. The van der Waals surface area contributed by atoms with Crippen molar-refractivity contribution in [3.05, 3.63) is 71.8 Å². The normalized spacial score (nSPS) is 10.6. The standard InChI is InChI=1S/C19H18O2/c1-20-18-10-8-15(13-19(18)21-2)11-14-7-9-16-5-3-4-6-17(16)12-14/h3-10,12-13H,11H2,1-2H3. The van der Waals surface area contributed by atoms with Crippen molar-refractivity contribution in [1.82, 2.24) is 0 Å². The van der Waals surface area contributed by atoms with Gasteiger partial charge in [-0.15, -0.1) is 0 Å². The van der Waals surface area contributed by atoms with Crippen LogP contribution in [0.4, 0.5) is 0 Å². The zero-order valence-electron chi connectivity index (χ0n) is 12.3. The molecule has 0 saturated heterocycles. The van der Waals surface area contributed by atoms with E-state index in [1.54, 1.807) is 14.2 Å². The Kier molecular flexibility index (Phi) is 3.78. The maximum atomic E-state index is 5.36. The fourth-order valence-corrected chi connectivity index (χ4v) is 2.58. The van der Waals surface area contributed by atoms with Gasteiger partial charge in [0, 0.05) is 0 Å². The fraction of sp³-hybridized carbons (Fsp3) is 0.158. The first-order chi connectivity index (χ1) is 10.3. The molecule has 0 fully saturated rings. The lowest BCUT2D eigenvalue weighted by Gasteiger charge is -2.10. The second-order valence-corrected chi connectivity index (χ2v) is 5.05. The number of benzene rings is 3. The van der Waals surface area contributed by atoms with Crippen LogP contribution >= 0.6 is 0 Å². The molecule has 0 bridgehead atoms. The maximum Gasteiger partial charge on any atom is 0.160 e. The van der Waals surface area contributed by atoms with Crippen LogP contribution in [0.15, 0.2) is 60.7 Å². The average molecular weight is 278 g/mol. The Hall–Kier alpha value is -2.48. The second kappa shape index (κ2) is 5.88. The lowest BCUT2D eigenvalue weighted by atomic mass is 10.0. The number of hydrogen-bond donors (Lipinski definition) is 0. The summed E-state index contributed by atoms with van der Waals surface area (Å²) in [6, 6.07) is 21.1. The summed E-state index contributed by atoms with van der Waals surface area (Å²) in [6.07, 6.45) is 0.880. The highest BCUT2D eigenvalue weighted by atomic mass is 16.5. The Bertz CT molecular complexity index is 762. The lowest BCUT2D eigenvalue weighted by molar-refractivity contribution is 0.354. The molecule has 0 spiro atoms. The molecule has 0 N–H and O–H groups in total. The molecule has 106 valence electrons. The molecule has 0 aliphatic rings. The van der Waals surface area contributed by atoms with Gasteiger partial charge in [-0.2, -0.15) is 0 Å². The first kappa shape index (κ1) is 13.5. The van der Waals surface area contributed by atoms with Gasteiger partial charge in [0.2, 0.25) is 0 Å². The van der Waals surface area contributed by atoms with E-state index in [0.29, 0.717) is 0 Å². The van der Waals surface area contributed by atoms with Crippen molar-refractivity contribution < 1.29 is 9.47 Å². The summed E-state index contributed by atoms with van der Waals surface area (Å²) in [4.78, 5) is 0. The minimum atomic E-state index is 0.764. The predicted molar refractivity (Wildman–Crippen MR) is 86.3 cm³/mol. The molecule has 21 heavy (non-hydrogen) atoms. The van der Waals surface area contributed by atoms with E-state index in [9.17, 15) is 0 Å². The molecule has 0 radical (unpaired) electrons. The zero-order valence-corrected chi connectivity index (χ0v) is 12.3. The molecule has 3 aromatic carbocycles. The Labute approximate surface area is 124 Å². The van der Waals surface area contributed by atoms with Crippen molar-refractivity contribution in [2.24, 2.45) is 0 Å². The van der Waals surface area contributed by atoms with Gasteiger partial charge < -0.3 is 9.47 Å². The Morgan fingerprint density at radius 3 is 2.10 bits per heavy atom. The molecular weight excluding hydrogens is 260 g/mol. The molecule has 0 aromatic heterocycles. The molecule has 0 atom stereocenters. The number of rotatable bonds is 4. The Balaban J connectivity index is 1.91. The highest BCUT2D eigenvalue weighted by Crippen LogP contribution is 2.28. The number of methoxy groups -OCH3 is 2. The largest absolute Gasteiger partial charge is 0.493 e. The van der Waals surface area contributed by atoms with Crippen LogP contribution in [0.2, 0.25) is 0 Å². The smallest absolute Gasteiger partial charge is 0.160 e. The van der Waals surface area contributed by atoms with Crippen LogP contribution in [0.25, 0.3) is 10.8 Å². The molecule has 3 aromatic rings. The van der Waals surface area contributed by atoms with Crippen LogP contribution in [0, 0.1) is 0 Å². The summed E-state index contributed by atoms with van der Waals surface area (Å²) in [5, 5.41) is 2.55.